The van der Waals surface area contributed by atoms with Crippen molar-refractivity contribution in [2.75, 3.05) is 26.8 Å². The van der Waals surface area contributed by atoms with E-state index in [1.54, 1.807) is 7.11 Å². The molecule has 14 heavy (non-hydrogen) atoms. The molecule has 1 amide bonds. The summed E-state index contributed by atoms with van der Waals surface area (Å²) < 4.78 is 4.87. The van der Waals surface area contributed by atoms with Crippen molar-refractivity contribution in [2.45, 2.75) is 32.7 Å². The van der Waals surface area contributed by atoms with Crippen LogP contribution in [0.2, 0.25) is 0 Å². The molecule has 2 N–H and O–H groups in total. The van der Waals surface area contributed by atoms with Gasteiger partial charge in [-0.1, -0.05) is 0 Å². The number of nitrogens with two attached hydrogens (primary N) is 1. The summed E-state index contributed by atoms with van der Waals surface area (Å²) >= 11 is 0. The lowest BCUT2D eigenvalue weighted by Crippen LogP contribution is -2.38. The third-order valence-corrected chi connectivity index (χ3v) is 2.07. The molecule has 0 saturated carbocycles. The van der Waals surface area contributed by atoms with Gasteiger partial charge in [-0.25, -0.2) is 0 Å². The average molecular weight is 202 g/mol. The highest BCUT2D eigenvalue weighted by atomic mass is 16.5. The van der Waals surface area contributed by atoms with E-state index in [4.69, 9.17) is 10.5 Å². The minimum Gasteiger partial charge on any atom is -0.384 e. The summed E-state index contributed by atoms with van der Waals surface area (Å²) in [7, 11) is 1.60. The fourth-order valence-electron chi connectivity index (χ4n) is 1.27. The van der Waals surface area contributed by atoms with Gasteiger partial charge in [0.25, 0.3) is 0 Å². The predicted molar refractivity (Wildman–Crippen MR) is 57.0 cm³/mol. The molecule has 0 aliphatic rings. The van der Waals surface area contributed by atoms with Crippen molar-refractivity contribution in [3.8, 4) is 0 Å². The van der Waals surface area contributed by atoms with E-state index in [0.29, 0.717) is 19.6 Å². The highest BCUT2D eigenvalue weighted by Gasteiger charge is 2.15. The molecule has 0 atom stereocenters. The van der Waals surface area contributed by atoms with Crippen LogP contribution < -0.4 is 5.73 Å². The quantitative estimate of drug-likeness (QED) is 0.658. The smallest absolute Gasteiger partial charge is 0.225 e. The van der Waals surface area contributed by atoms with Gasteiger partial charge >= 0.3 is 0 Å². The molecular formula is C10H22N2O2. The molecule has 0 rings (SSSR count). The van der Waals surface area contributed by atoms with Crippen LogP contribution in [0.3, 0.4) is 0 Å². The maximum Gasteiger partial charge on any atom is 0.225 e. The number of carbonyl (C=O) groups excluding carboxylic acids is 1. The molecule has 0 unspecified atom stereocenters. The van der Waals surface area contributed by atoms with E-state index in [-0.39, 0.29) is 11.9 Å². The van der Waals surface area contributed by atoms with Crippen molar-refractivity contribution < 1.29 is 9.53 Å². The topological polar surface area (TPSA) is 55.6 Å². The highest BCUT2D eigenvalue weighted by molar-refractivity contribution is 5.76. The van der Waals surface area contributed by atoms with Crippen LogP contribution in [0.15, 0.2) is 0 Å². The maximum atomic E-state index is 11.7. The van der Waals surface area contributed by atoms with E-state index in [2.05, 4.69) is 0 Å². The molecule has 0 bridgehead atoms. The Kier molecular flexibility index (Phi) is 7.42. The lowest BCUT2D eigenvalue weighted by atomic mass is 10.2. The summed E-state index contributed by atoms with van der Waals surface area (Å²) in [6, 6.07) is 0.242. The minimum atomic E-state index is 0.148. The second-order valence-corrected chi connectivity index (χ2v) is 3.57. The molecule has 0 aromatic carbocycles. The standard InChI is InChI=1S/C10H22N2O2/c1-9(2)12(7-4-6-11)10(13)5-8-14-3/h9H,4-8,11H2,1-3H3. The van der Waals surface area contributed by atoms with E-state index in [9.17, 15) is 4.79 Å². The second-order valence-electron chi connectivity index (χ2n) is 3.57. The van der Waals surface area contributed by atoms with Crippen LogP contribution in [0.1, 0.15) is 26.7 Å². The summed E-state index contributed by atoms with van der Waals surface area (Å²) in [5, 5.41) is 0. The molecule has 0 aromatic heterocycles. The second kappa shape index (κ2) is 7.76. The Bertz CT molecular complexity index is 160. The fourth-order valence-corrected chi connectivity index (χ4v) is 1.27. The van der Waals surface area contributed by atoms with Crippen molar-refractivity contribution in [2.24, 2.45) is 5.73 Å². The van der Waals surface area contributed by atoms with E-state index in [0.717, 1.165) is 13.0 Å². The Balaban J connectivity index is 3.98. The lowest BCUT2D eigenvalue weighted by Gasteiger charge is -2.26. The van der Waals surface area contributed by atoms with Gasteiger partial charge in [-0.2, -0.15) is 0 Å². The summed E-state index contributed by atoms with van der Waals surface area (Å²) in [5.41, 5.74) is 5.41. The van der Waals surface area contributed by atoms with Gasteiger partial charge in [-0.05, 0) is 26.8 Å². The summed E-state index contributed by atoms with van der Waals surface area (Å²) in [5.74, 6) is 0.148. The van der Waals surface area contributed by atoms with Crippen LogP contribution in [0, 0.1) is 0 Å². The van der Waals surface area contributed by atoms with Crippen molar-refractivity contribution in [1.82, 2.24) is 4.90 Å². The first-order chi connectivity index (χ1) is 6.63. The molecule has 4 nitrogen and oxygen atoms in total. The molecule has 0 aliphatic heterocycles. The van der Waals surface area contributed by atoms with Gasteiger partial charge in [0.15, 0.2) is 0 Å². The number of hydrogen-bond acceptors (Lipinski definition) is 3. The predicted octanol–water partition coefficient (Wildman–Crippen LogP) is 0.609. The third kappa shape index (κ3) is 5.19. The molecule has 84 valence electrons. The van der Waals surface area contributed by atoms with E-state index < -0.39 is 0 Å². The Hall–Kier alpha value is -0.610. The number of carbonyl (C=O) groups is 1. The Morgan fingerprint density at radius 2 is 2.14 bits per heavy atom. The first-order valence-corrected chi connectivity index (χ1v) is 5.12. The third-order valence-electron chi connectivity index (χ3n) is 2.07. The van der Waals surface area contributed by atoms with Gasteiger partial charge < -0.3 is 15.4 Å². The molecule has 0 fully saturated rings. The van der Waals surface area contributed by atoms with Gasteiger partial charge in [-0.15, -0.1) is 0 Å². The summed E-state index contributed by atoms with van der Waals surface area (Å²) in [6.07, 6.45) is 1.32. The normalized spacial score (nSPS) is 10.6. The molecule has 0 radical (unpaired) electrons. The summed E-state index contributed by atoms with van der Waals surface area (Å²) in [4.78, 5) is 13.5. The fraction of sp³-hybridized carbons (Fsp3) is 0.900. The van der Waals surface area contributed by atoms with Crippen LogP contribution in [-0.2, 0) is 9.53 Å². The van der Waals surface area contributed by atoms with Crippen LogP contribution in [-0.4, -0.2) is 43.7 Å². The first kappa shape index (κ1) is 13.4. The zero-order valence-corrected chi connectivity index (χ0v) is 9.45. The van der Waals surface area contributed by atoms with E-state index in [1.807, 2.05) is 18.7 Å². The number of rotatable bonds is 7. The first-order valence-electron chi connectivity index (χ1n) is 5.12. The van der Waals surface area contributed by atoms with Gasteiger partial charge in [0.05, 0.1) is 13.0 Å². The average Bonchev–Trinajstić information content (AvgIpc) is 2.14. The highest BCUT2D eigenvalue weighted by Crippen LogP contribution is 2.02. The number of methoxy groups -OCH3 is 1. The van der Waals surface area contributed by atoms with Crippen molar-refractivity contribution >= 4 is 5.91 Å². The van der Waals surface area contributed by atoms with Crippen molar-refractivity contribution in [1.29, 1.82) is 0 Å². The van der Waals surface area contributed by atoms with E-state index >= 15 is 0 Å². The van der Waals surface area contributed by atoms with Gasteiger partial charge in [-0.3, -0.25) is 4.79 Å². The maximum absolute atomic E-state index is 11.7. The lowest BCUT2D eigenvalue weighted by molar-refractivity contribution is -0.133. The molecular weight excluding hydrogens is 180 g/mol. The largest absolute Gasteiger partial charge is 0.384 e. The van der Waals surface area contributed by atoms with E-state index in [1.165, 1.54) is 0 Å². The Morgan fingerprint density at radius 3 is 2.57 bits per heavy atom. The van der Waals surface area contributed by atoms with Gasteiger partial charge in [0.1, 0.15) is 0 Å². The van der Waals surface area contributed by atoms with Crippen LogP contribution in [0.5, 0.6) is 0 Å². The number of nitrogens with zero attached hydrogens (tertiary/aromatic N) is 1. The monoisotopic (exact) mass is 202 g/mol. The van der Waals surface area contributed by atoms with Crippen molar-refractivity contribution in [3.05, 3.63) is 0 Å². The van der Waals surface area contributed by atoms with Gasteiger partial charge in [0, 0.05) is 19.7 Å². The molecule has 4 heteroatoms. The van der Waals surface area contributed by atoms with Gasteiger partial charge in [0.2, 0.25) is 5.91 Å². The molecule has 0 aromatic rings. The Labute approximate surface area is 86.4 Å². The summed E-state index contributed by atoms with van der Waals surface area (Å²) in [6.45, 7) is 5.89. The SMILES string of the molecule is COCCC(=O)N(CCCN)C(C)C. The number of amides is 1. The van der Waals surface area contributed by atoms with Crippen LogP contribution >= 0.6 is 0 Å². The zero-order chi connectivity index (χ0) is 11.0. The molecule has 0 heterocycles. The van der Waals surface area contributed by atoms with Crippen molar-refractivity contribution in [3.63, 3.8) is 0 Å². The Morgan fingerprint density at radius 1 is 1.50 bits per heavy atom. The molecule has 0 spiro atoms. The molecule has 0 saturated heterocycles. The van der Waals surface area contributed by atoms with Crippen LogP contribution in [0.25, 0.3) is 0 Å². The minimum absolute atomic E-state index is 0.148. The number of ether oxygens (including phenoxy) is 1. The zero-order valence-electron chi connectivity index (χ0n) is 9.45. The number of hydrogen-bond donors (Lipinski definition) is 1. The van der Waals surface area contributed by atoms with Crippen LogP contribution in [0.4, 0.5) is 0 Å². The molecule has 0 aliphatic carbocycles.